The fraction of sp³-hybridized carbons (Fsp3) is 0.167. The number of amides is 2. The number of nitrogens with one attached hydrogen (secondary N) is 2. The fourth-order valence-corrected chi connectivity index (χ4v) is 1.53. The summed E-state index contributed by atoms with van der Waals surface area (Å²) in [6.07, 6.45) is 2.90. The van der Waals surface area contributed by atoms with Crippen molar-refractivity contribution < 1.29 is 18.7 Å². The second-order valence-electron chi connectivity index (χ2n) is 3.92. The van der Waals surface area contributed by atoms with E-state index in [4.69, 9.17) is 5.11 Å². The average Bonchev–Trinajstić information content (AvgIpc) is 2.81. The Hall–Kier alpha value is -2.48. The first kappa shape index (κ1) is 13.9. The van der Waals surface area contributed by atoms with Crippen LogP contribution in [0.3, 0.4) is 0 Å². The highest BCUT2D eigenvalue weighted by molar-refractivity contribution is 5.99. The molecule has 0 spiro atoms. The zero-order valence-corrected chi connectivity index (χ0v) is 10.3. The number of aromatic nitrogens is 2. The molecule has 0 unspecified atom stereocenters. The second kappa shape index (κ2) is 6.11. The lowest BCUT2D eigenvalue weighted by atomic mass is 10.3. The van der Waals surface area contributed by atoms with Crippen molar-refractivity contribution in [2.45, 2.75) is 6.54 Å². The molecule has 1 aromatic carbocycles. The molecule has 0 aliphatic heterocycles. The lowest BCUT2D eigenvalue weighted by Gasteiger charge is -2.06. The molecule has 0 saturated carbocycles. The van der Waals surface area contributed by atoms with Gasteiger partial charge in [0.15, 0.2) is 0 Å². The number of urea groups is 1. The maximum Gasteiger partial charge on any atom is 0.323 e. The van der Waals surface area contributed by atoms with Gasteiger partial charge < -0.3 is 15.7 Å². The number of carbonyl (C=O) groups is 1. The number of benzene rings is 1. The summed E-state index contributed by atoms with van der Waals surface area (Å²) in [6.45, 7) is 0.226. The van der Waals surface area contributed by atoms with E-state index in [1.165, 1.54) is 17.1 Å². The van der Waals surface area contributed by atoms with Crippen LogP contribution in [0.15, 0.2) is 30.6 Å². The van der Waals surface area contributed by atoms with E-state index in [-0.39, 0.29) is 12.3 Å². The number of rotatable bonds is 4. The van der Waals surface area contributed by atoms with E-state index < -0.39 is 17.7 Å². The van der Waals surface area contributed by atoms with E-state index >= 15 is 0 Å². The quantitative estimate of drug-likeness (QED) is 0.800. The summed E-state index contributed by atoms with van der Waals surface area (Å²) in [6, 6.07) is 2.16. The van der Waals surface area contributed by atoms with Crippen LogP contribution in [0.4, 0.5) is 25.0 Å². The molecule has 2 aromatic rings. The van der Waals surface area contributed by atoms with Gasteiger partial charge in [-0.25, -0.2) is 13.6 Å². The van der Waals surface area contributed by atoms with Gasteiger partial charge in [-0.2, -0.15) is 5.10 Å². The van der Waals surface area contributed by atoms with Crippen molar-refractivity contribution in [1.82, 2.24) is 9.78 Å². The minimum atomic E-state index is -0.865. The van der Waals surface area contributed by atoms with Crippen LogP contribution in [0.2, 0.25) is 0 Å². The first-order valence-electron chi connectivity index (χ1n) is 5.75. The van der Waals surface area contributed by atoms with Crippen LogP contribution in [-0.4, -0.2) is 27.5 Å². The molecule has 8 heteroatoms. The lowest BCUT2D eigenvalue weighted by Crippen LogP contribution is -2.19. The Labute approximate surface area is 113 Å². The minimum Gasteiger partial charge on any atom is -0.394 e. The monoisotopic (exact) mass is 282 g/mol. The van der Waals surface area contributed by atoms with Crippen LogP contribution in [0.25, 0.3) is 0 Å². The van der Waals surface area contributed by atoms with E-state index in [2.05, 4.69) is 15.7 Å². The van der Waals surface area contributed by atoms with Gasteiger partial charge >= 0.3 is 6.03 Å². The molecule has 20 heavy (non-hydrogen) atoms. The average molecular weight is 282 g/mol. The number of hydrogen-bond donors (Lipinski definition) is 3. The van der Waals surface area contributed by atoms with Crippen molar-refractivity contribution >= 4 is 17.4 Å². The van der Waals surface area contributed by atoms with Gasteiger partial charge in [-0.15, -0.1) is 0 Å². The van der Waals surface area contributed by atoms with Gasteiger partial charge in [0, 0.05) is 12.3 Å². The number of aliphatic hydroxyl groups excluding tert-OH is 1. The summed E-state index contributed by atoms with van der Waals surface area (Å²) in [5.74, 6) is -1.59. The third-order valence-electron chi connectivity index (χ3n) is 2.40. The Bertz CT molecular complexity index is 615. The molecule has 2 rings (SSSR count). The topological polar surface area (TPSA) is 79.2 Å². The molecular formula is C12H12F2N4O2. The van der Waals surface area contributed by atoms with Gasteiger partial charge in [0.1, 0.15) is 11.6 Å². The predicted octanol–water partition coefficient (Wildman–Crippen LogP) is 1.80. The summed E-state index contributed by atoms with van der Waals surface area (Å²) < 4.78 is 27.5. The molecule has 3 N–H and O–H groups in total. The Morgan fingerprint density at radius 2 is 2.15 bits per heavy atom. The van der Waals surface area contributed by atoms with E-state index in [1.54, 1.807) is 0 Å². The van der Waals surface area contributed by atoms with E-state index in [0.29, 0.717) is 18.3 Å². The molecule has 0 atom stereocenters. The van der Waals surface area contributed by atoms with Gasteiger partial charge in [0.25, 0.3) is 0 Å². The van der Waals surface area contributed by atoms with Crippen LogP contribution >= 0.6 is 0 Å². The zero-order valence-electron chi connectivity index (χ0n) is 10.3. The van der Waals surface area contributed by atoms with Gasteiger partial charge in [-0.1, -0.05) is 0 Å². The maximum atomic E-state index is 13.3. The minimum absolute atomic E-state index is 0.0753. The van der Waals surface area contributed by atoms with Gasteiger partial charge in [0.2, 0.25) is 0 Å². The predicted molar refractivity (Wildman–Crippen MR) is 68.3 cm³/mol. The summed E-state index contributed by atoms with van der Waals surface area (Å²) in [5.41, 5.74) is 0.255. The number of anilines is 2. The smallest absolute Gasteiger partial charge is 0.323 e. The highest BCUT2D eigenvalue weighted by atomic mass is 19.1. The van der Waals surface area contributed by atoms with E-state index in [0.717, 1.165) is 12.1 Å². The molecular weight excluding hydrogens is 270 g/mol. The normalized spacial score (nSPS) is 10.3. The van der Waals surface area contributed by atoms with Crippen molar-refractivity contribution in [3.63, 3.8) is 0 Å². The third-order valence-corrected chi connectivity index (χ3v) is 2.40. The molecule has 1 aromatic heterocycles. The van der Waals surface area contributed by atoms with Crippen molar-refractivity contribution in [1.29, 1.82) is 0 Å². The summed E-state index contributed by atoms with van der Waals surface area (Å²) in [7, 11) is 0. The molecule has 0 radical (unpaired) electrons. The van der Waals surface area contributed by atoms with Gasteiger partial charge in [0.05, 0.1) is 30.7 Å². The number of carbonyl (C=O) groups excluding carboxylic acids is 1. The number of aliphatic hydroxyl groups is 1. The van der Waals surface area contributed by atoms with Gasteiger partial charge in [-0.3, -0.25) is 4.68 Å². The molecule has 0 bridgehead atoms. The van der Waals surface area contributed by atoms with Crippen molar-refractivity contribution in [2.24, 2.45) is 0 Å². The maximum absolute atomic E-state index is 13.3. The van der Waals surface area contributed by atoms with Crippen LogP contribution in [0.1, 0.15) is 0 Å². The number of hydrogen-bond acceptors (Lipinski definition) is 3. The van der Waals surface area contributed by atoms with Crippen LogP contribution in [0.5, 0.6) is 0 Å². The molecule has 6 nitrogen and oxygen atoms in total. The summed E-state index contributed by atoms with van der Waals surface area (Å²) >= 11 is 0. The van der Waals surface area contributed by atoms with Crippen molar-refractivity contribution in [2.75, 3.05) is 17.2 Å². The van der Waals surface area contributed by atoms with Gasteiger partial charge in [-0.05, 0) is 12.1 Å². The Kier molecular flexibility index (Phi) is 4.26. The lowest BCUT2D eigenvalue weighted by molar-refractivity contribution is 0.262. The Morgan fingerprint density at radius 3 is 2.85 bits per heavy atom. The Morgan fingerprint density at radius 1 is 1.35 bits per heavy atom. The number of nitrogens with zero attached hydrogens (tertiary/aromatic N) is 2. The largest absolute Gasteiger partial charge is 0.394 e. The van der Waals surface area contributed by atoms with Crippen LogP contribution in [0, 0.1) is 11.6 Å². The first-order chi connectivity index (χ1) is 9.58. The molecule has 0 saturated heterocycles. The van der Waals surface area contributed by atoms with Crippen LogP contribution < -0.4 is 10.6 Å². The van der Waals surface area contributed by atoms with Crippen molar-refractivity contribution in [3.8, 4) is 0 Å². The third kappa shape index (κ3) is 3.51. The highest BCUT2D eigenvalue weighted by Gasteiger charge is 2.09. The molecule has 0 fully saturated rings. The summed E-state index contributed by atoms with van der Waals surface area (Å²) in [4.78, 5) is 11.6. The second-order valence-corrected chi connectivity index (χ2v) is 3.92. The molecule has 0 aliphatic carbocycles. The van der Waals surface area contributed by atoms with Crippen LogP contribution in [-0.2, 0) is 6.54 Å². The first-order valence-corrected chi connectivity index (χ1v) is 5.75. The highest BCUT2D eigenvalue weighted by Crippen LogP contribution is 2.15. The molecule has 1 heterocycles. The molecule has 106 valence electrons. The Balaban J connectivity index is 1.97. The standard InChI is InChI=1S/C12H12F2N4O2/c13-8-1-2-11(10(14)5-8)17-12(20)16-9-6-15-18(7-9)3-4-19/h1-2,5-7,19H,3-4H2,(H2,16,17,20). The summed E-state index contributed by atoms with van der Waals surface area (Å²) in [5, 5.41) is 17.3. The van der Waals surface area contributed by atoms with Crippen molar-refractivity contribution in [3.05, 3.63) is 42.2 Å². The van der Waals surface area contributed by atoms with E-state index in [1.807, 2.05) is 0 Å². The zero-order chi connectivity index (χ0) is 14.5. The fourth-order valence-electron chi connectivity index (χ4n) is 1.53. The number of halogens is 2. The molecule has 0 aliphatic rings. The SMILES string of the molecule is O=C(Nc1cnn(CCO)c1)Nc1ccc(F)cc1F. The molecule has 2 amide bonds. The van der Waals surface area contributed by atoms with E-state index in [9.17, 15) is 13.6 Å².